The highest BCUT2D eigenvalue weighted by Gasteiger charge is 2.17. The van der Waals surface area contributed by atoms with Gasteiger partial charge in [-0.25, -0.2) is 4.68 Å². The minimum Gasteiger partial charge on any atom is -0.493 e. The molecule has 0 spiro atoms. The Balaban J connectivity index is 2.35. The van der Waals surface area contributed by atoms with Gasteiger partial charge in [0.2, 0.25) is 5.78 Å². The molecule has 0 radical (unpaired) electrons. The molecule has 0 saturated heterocycles. The topological polar surface area (TPSA) is 66.2 Å². The van der Waals surface area contributed by atoms with Crippen molar-refractivity contribution in [3.05, 3.63) is 35.7 Å². The maximum absolute atomic E-state index is 12.5. The minimum atomic E-state index is -0.135. The van der Waals surface area contributed by atoms with Gasteiger partial charge in [-0.1, -0.05) is 12.1 Å². The van der Waals surface area contributed by atoms with Crippen molar-refractivity contribution < 1.29 is 14.3 Å². The highest BCUT2D eigenvalue weighted by atomic mass is 16.5. The van der Waals surface area contributed by atoms with E-state index < -0.39 is 0 Å². The summed E-state index contributed by atoms with van der Waals surface area (Å²) in [5.74, 6) is 0.974. The van der Waals surface area contributed by atoms with Crippen LogP contribution in [-0.2, 0) is 6.54 Å². The van der Waals surface area contributed by atoms with Crippen LogP contribution in [0.15, 0.2) is 24.4 Å². The molecule has 106 valence electrons. The Hall–Kier alpha value is -2.37. The van der Waals surface area contributed by atoms with Gasteiger partial charge in [-0.05, 0) is 24.6 Å². The standard InChI is InChI=1S/C14H17N3O3/c1-4-7-17-11(9-15-16-17)14(18)10-5-6-12(19-2)13(8-10)20-3/h5-6,8-9H,4,7H2,1-3H3. The molecule has 6 heteroatoms. The number of aryl methyl sites for hydroxylation is 1. The van der Waals surface area contributed by atoms with Crippen molar-refractivity contribution in [1.82, 2.24) is 15.0 Å². The van der Waals surface area contributed by atoms with E-state index in [0.29, 0.717) is 29.3 Å². The Morgan fingerprint density at radius 2 is 2.00 bits per heavy atom. The van der Waals surface area contributed by atoms with Crippen molar-refractivity contribution in [3.8, 4) is 11.5 Å². The molecule has 1 heterocycles. The van der Waals surface area contributed by atoms with Gasteiger partial charge in [0.25, 0.3) is 0 Å². The molecule has 0 saturated carbocycles. The number of ether oxygens (including phenoxy) is 2. The van der Waals surface area contributed by atoms with Gasteiger partial charge in [-0.2, -0.15) is 0 Å². The van der Waals surface area contributed by atoms with Crippen LogP contribution in [-0.4, -0.2) is 35.0 Å². The van der Waals surface area contributed by atoms with Crippen LogP contribution in [0.3, 0.4) is 0 Å². The lowest BCUT2D eigenvalue weighted by Gasteiger charge is -2.09. The maximum atomic E-state index is 12.5. The van der Waals surface area contributed by atoms with Crippen molar-refractivity contribution in [2.45, 2.75) is 19.9 Å². The first-order valence-corrected chi connectivity index (χ1v) is 6.36. The fraction of sp³-hybridized carbons (Fsp3) is 0.357. The average molecular weight is 275 g/mol. The predicted molar refractivity (Wildman–Crippen MR) is 73.3 cm³/mol. The Bertz CT molecular complexity index is 607. The van der Waals surface area contributed by atoms with Crippen molar-refractivity contribution >= 4 is 5.78 Å². The number of nitrogens with zero attached hydrogens (tertiary/aromatic N) is 3. The normalized spacial score (nSPS) is 10.3. The molecule has 0 fully saturated rings. The van der Waals surface area contributed by atoms with Gasteiger partial charge in [-0.15, -0.1) is 5.10 Å². The predicted octanol–water partition coefficient (Wildman–Crippen LogP) is 1.94. The Kier molecular flexibility index (Phi) is 4.34. The molecule has 0 aliphatic heterocycles. The number of hydrogen-bond donors (Lipinski definition) is 0. The van der Waals surface area contributed by atoms with Crippen LogP contribution in [0, 0.1) is 0 Å². The fourth-order valence-corrected chi connectivity index (χ4v) is 1.94. The molecule has 0 N–H and O–H groups in total. The maximum Gasteiger partial charge on any atom is 0.212 e. The fourth-order valence-electron chi connectivity index (χ4n) is 1.94. The summed E-state index contributed by atoms with van der Waals surface area (Å²) in [4.78, 5) is 12.5. The molecule has 1 aromatic heterocycles. The molecular formula is C14H17N3O3. The third-order valence-electron chi connectivity index (χ3n) is 2.93. The number of benzene rings is 1. The Labute approximate surface area is 117 Å². The third kappa shape index (κ3) is 2.64. The van der Waals surface area contributed by atoms with Gasteiger partial charge in [0, 0.05) is 12.1 Å². The van der Waals surface area contributed by atoms with E-state index in [1.807, 2.05) is 6.92 Å². The summed E-state index contributed by atoms with van der Waals surface area (Å²) in [6.07, 6.45) is 2.37. The second kappa shape index (κ2) is 6.18. The van der Waals surface area contributed by atoms with Crippen LogP contribution >= 0.6 is 0 Å². The molecule has 0 unspecified atom stereocenters. The van der Waals surface area contributed by atoms with Crippen molar-refractivity contribution in [3.63, 3.8) is 0 Å². The van der Waals surface area contributed by atoms with E-state index in [4.69, 9.17) is 9.47 Å². The lowest BCUT2D eigenvalue weighted by molar-refractivity contribution is 0.102. The van der Waals surface area contributed by atoms with Crippen LogP contribution in [0.25, 0.3) is 0 Å². The number of aromatic nitrogens is 3. The SMILES string of the molecule is CCCn1nncc1C(=O)c1ccc(OC)c(OC)c1. The zero-order chi connectivity index (χ0) is 14.5. The van der Waals surface area contributed by atoms with Crippen LogP contribution in [0.5, 0.6) is 11.5 Å². The number of carbonyl (C=O) groups is 1. The van der Waals surface area contributed by atoms with Crippen LogP contribution in [0.1, 0.15) is 29.4 Å². The highest BCUT2D eigenvalue weighted by molar-refractivity contribution is 6.08. The van der Waals surface area contributed by atoms with E-state index in [1.165, 1.54) is 13.3 Å². The summed E-state index contributed by atoms with van der Waals surface area (Å²) in [5.41, 5.74) is 0.987. The summed E-state index contributed by atoms with van der Waals surface area (Å²) < 4.78 is 12.0. The van der Waals surface area contributed by atoms with Gasteiger partial charge in [0.1, 0.15) is 5.69 Å². The number of rotatable bonds is 6. The first-order valence-electron chi connectivity index (χ1n) is 6.36. The smallest absolute Gasteiger partial charge is 0.212 e. The molecule has 1 aromatic carbocycles. The van der Waals surface area contributed by atoms with E-state index in [0.717, 1.165) is 6.42 Å². The summed E-state index contributed by atoms with van der Waals surface area (Å²) >= 11 is 0. The lowest BCUT2D eigenvalue weighted by Crippen LogP contribution is -2.11. The third-order valence-corrected chi connectivity index (χ3v) is 2.93. The largest absolute Gasteiger partial charge is 0.493 e. The second-order valence-corrected chi connectivity index (χ2v) is 4.24. The van der Waals surface area contributed by atoms with Crippen LogP contribution in [0.2, 0.25) is 0 Å². The van der Waals surface area contributed by atoms with Gasteiger partial charge >= 0.3 is 0 Å². The van der Waals surface area contributed by atoms with Crippen molar-refractivity contribution in [2.24, 2.45) is 0 Å². The Morgan fingerprint density at radius 1 is 1.25 bits per heavy atom. The number of methoxy groups -OCH3 is 2. The minimum absolute atomic E-state index is 0.135. The van der Waals surface area contributed by atoms with E-state index >= 15 is 0 Å². The summed E-state index contributed by atoms with van der Waals surface area (Å²) in [5, 5.41) is 7.72. The molecule has 0 aliphatic carbocycles. The molecule has 0 atom stereocenters. The van der Waals surface area contributed by atoms with E-state index in [2.05, 4.69) is 10.3 Å². The zero-order valence-corrected chi connectivity index (χ0v) is 11.8. The first-order chi connectivity index (χ1) is 9.71. The van der Waals surface area contributed by atoms with Gasteiger partial charge in [0.15, 0.2) is 11.5 Å². The van der Waals surface area contributed by atoms with E-state index in [-0.39, 0.29) is 5.78 Å². The molecule has 6 nitrogen and oxygen atoms in total. The van der Waals surface area contributed by atoms with Crippen LogP contribution in [0.4, 0.5) is 0 Å². The van der Waals surface area contributed by atoms with E-state index in [1.54, 1.807) is 30.0 Å². The van der Waals surface area contributed by atoms with Gasteiger partial charge < -0.3 is 9.47 Å². The summed E-state index contributed by atoms with van der Waals surface area (Å²) in [6, 6.07) is 5.07. The summed E-state index contributed by atoms with van der Waals surface area (Å²) in [7, 11) is 3.09. The molecule has 0 amide bonds. The molecule has 0 bridgehead atoms. The number of ketones is 1. The quantitative estimate of drug-likeness (QED) is 0.754. The molecule has 20 heavy (non-hydrogen) atoms. The highest BCUT2D eigenvalue weighted by Crippen LogP contribution is 2.28. The number of hydrogen-bond acceptors (Lipinski definition) is 5. The average Bonchev–Trinajstić information content (AvgIpc) is 2.94. The molecule has 0 aliphatic rings. The van der Waals surface area contributed by atoms with Crippen molar-refractivity contribution in [2.75, 3.05) is 14.2 Å². The Morgan fingerprint density at radius 3 is 2.65 bits per heavy atom. The monoisotopic (exact) mass is 275 g/mol. The molecular weight excluding hydrogens is 258 g/mol. The zero-order valence-electron chi connectivity index (χ0n) is 11.8. The van der Waals surface area contributed by atoms with Gasteiger partial charge in [0.05, 0.1) is 20.4 Å². The second-order valence-electron chi connectivity index (χ2n) is 4.24. The number of carbonyl (C=O) groups excluding carboxylic acids is 1. The lowest BCUT2D eigenvalue weighted by atomic mass is 10.1. The van der Waals surface area contributed by atoms with Crippen molar-refractivity contribution in [1.29, 1.82) is 0 Å². The van der Waals surface area contributed by atoms with E-state index in [9.17, 15) is 4.79 Å². The molecule has 2 rings (SSSR count). The van der Waals surface area contributed by atoms with Gasteiger partial charge in [-0.3, -0.25) is 4.79 Å². The summed E-state index contributed by atoms with van der Waals surface area (Å²) in [6.45, 7) is 2.68. The van der Waals surface area contributed by atoms with Crippen LogP contribution < -0.4 is 9.47 Å². The molecule has 2 aromatic rings. The first kappa shape index (κ1) is 14.0.